The van der Waals surface area contributed by atoms with Gasteiger partial charge in [0.05, 0.1) is 12.8 Å². The van der Waals surface area contributed by atoms with E-state index in [-0.39, 0.29) is 12.4 Å². The minimum absolute atomic E-state index is 0.228. The van der Waals surface area contributed by atoms with Crippen molar-refractivity contribution in [2.24, 2.45) is 5.73 Å². The second-order valence-electron chi connectivity index (χ2n) is 8.32. The number of rotatable bonds is 7. The zero-order valence-corrected chi connectivity index (χ0v) is 18.6. The second-order valence-corrected chi connectivity index (χ2v) is 8.32. The fourth-order valence-electron chi connectivity index (χ4n) is 4.34. The summed E-state index contributed by atoms with van der Waals surface area (Å²) in [5.41, 5.74) is 15.4. The number of aromatic nitrogens is 2. The standard InChI is InChI=1S/C25H29N5O3/c1-33-22-5-3-2-4-19(22)17-10-12-30(13-11-17)23-15-21(28-25(27)29-23)18-8-6-16(7-9-18)14-20(26)24(31)32/h2-9,15,17,20H,10-14,26H2,1H3,(H,31,32)(H2,27,28,29)/t20-/m0/s1. The highest BCUT2D eigenvalue weighted by molar-refractivity contribution is 5.73. The summed E-state index contributed by atoms with van der Waals surface area (Å²) in [4.78, 5) is 22.1. The van der Waals surface area contributed by atoms with Crippen molar-refractivity contribution >= 4 is 17.7 Å². The number of piperidine rings is 1. The normalized spacial score (nSPS) is 15.3. The van der Waals surface area contributed by atoms with Crippen LogP contribution in [0.4, 0.5) is 11.8 Å². The van der Waals surface area contributed by atoms with E-state index in [0.717, 1.165) is 54.3 Å². The fraction of sp³-hybridized carbons (Fsp3) is 0.320. The number of nitrogens with two attached hydrogens (primary N) is 2. The molecule has 172 valence electrons. The number of benzene rings is 2. The quantitative estimate of drug-likeness (QED) is 0.504. The van der Waals surface area contributed by atoms with Gasteiger partial charge in [-0.2, -0.15) is 4.98 Å². The summed E-state index contributed by atoms with van der Waals surface area (Å²) in [5, 5.41) is 9.00. The predicted octanol–water partition coefficient (Wildman–Crippen LogP) is 3.07. The predicted molar refractivity (Wildman–Crippen MR) is 128 cm³/mol. The Balaban J connectivity index is 1.47. The number of nitrogen functional groups attached to an aromatic ring is 1. The lowest BCUT2D eigenvalue weighted by molar-refractivity contribution is -0.138. The molecule has 0 aliphatic carbocycles. The number of para-hydroxylation sites is 1. The molecule has 2 heterocycles. The van der Waals surface area contributed by atoms with Crippen molar-refractivity contribution in [1.82, 2.24) is 9.97 Å². The number of ether oxygens (including phenoxy) is 1. The highest BCUT2D eigenvalue weighted by atomic mass is 16.5. The zero-order chi connectivity index (χ0) is 23.4. The minimum Gasteiger partial charge on any atom is -0.496 e. The van der Waals surface area contributed by atoms with Crippen LogP contribution in [0.3, 0.4) is 0 Å². The van der Waals surface area contributed by atoms with Crippen molar-refractivity contribution in [3.8, 4) is 17.0 Å². The zero-order valence-electron chi connectivity index (χ0n) is 18.6. The van der Waals surface area contributed by atoms with E-state index in [1.54, 1.807) is 7.11 Å². The maximum Gasteiger partial charge on any atom is 0.320 e. The SMILES string of the molecule is COc1ccccc1C1CCN(c2cc(-c3ccc(C[C@H](N)C(=O)O)cc3)nc(N)n2)CC1. The summed E-state index contributed by atoms with van der Waals surface area (Å²) >= 11 is 0. The maximum absolute atomic E-state index is 11.0. The number of methoxy groups -OCH3 is 1. The molecule has 8 nitrogen and oxygen atoms in total. The topological polar surface area (TPSA) is 128 Å². The first-order valence-corrected chi connectivity index (χ1v) is 11.0. The molecule has 1 atom stereocenters. The van der Waals surface area contributed by atoms with Crippen LogP contribution >= 0.6 is 0 Å². The van der Waals surface area contributed by atoms with E-state index in [1.807, 2.05) is 42.5 Å². The van der Waals surface area contributed by atoms with Gasteiger partial charge >= 0.3 is 5.97 Å². The van der Waals surface area contributed by atoms with Gasteiger partial charge in [0.15, 0.2) is 0 Å². The lowest BCUT2D eigenvalue weighted by Gasteiger charge is -2.33. The van der Waals surface area contributed by atoms with Crippen LogP contribution in [0.25, 0.3) is 11.3 Å². The molecule has 1 aliphatic rings. The van der Waals surface area contributed by atoms with Gasteiger partial charge in [-0.1, -0.05) is 42.5 Å². The molecule has 1 fully saturated rings. The van der Waals surface area contributed by atoms with Gasteiger partial charge < -0.3 is 26.2 Å². The van der Waals surface area contributed by atoms with Gasteiger partial charge in [0.2, 0.25) is 5.95 Å². The van der Waals surface area contributed by atoms with E-state index >= 15 is 0 Å². The molecule has 2 aromatic carbocycles. The lowest BCUT2D eigenvalue weighted by Crippen LogP contribution is -2.33. The third kappa shape index (κ3) is 5.23. The lowest BCUT2D eigenvalue weighted by atomic mass is 9.89. The van der Waals surface area contributed by atoms with Crippen LogP contribution in [0.1, 0.15) is 29.9 Å². The minimum atomic E-state index is -1.01. The summed E-state index contributed by atoms with van der Waals surface area (Å²) in [6.45, 7) is 1.73. The summed E-state index contributed by atoms with van der Waals surface area (Å²) < 4.78 is 5.54. The van der Waals surface area contributed by atoms with Gasteiger partial charge in [0.1, 0.15) is 17.6 Å². The molecular weight excluding hydrogens is 418 g/mol. The van der Waals surface area contributed by atoms with Crippen molar-refractivity contribution in [3.05, 3.63) is 65.7 Å². The molecule has 4 rings (SSSR count). The number of carbonyl (C=O) groups is 1. The number of anilines is 2. The molecule has 0 spiro atoms. The molecule has 0 amide bonds. The van der Waals surface area contributed by atoms with Gasteiger partial charge in [-0.15, -0.1) is 0 Å². The van der Waals surface area contributed by atoms with Crippen molar-refractivity contribution < 1.29 is 14.6 Å². The number of hydrogen-bond donors (Lipinski definition) is 3. The number of hydrogen-bond acceptors (Lipinski definition) is 7. The first-order chi connectivity index (χ1) is 15.9. The van der Waals surface area contributed by atoms with Crippen LogP contribution in [-0.4, -0.2) is 47.3 Å². The summed E-state index contributed by atoms with van der Waals surface area (Å²) in [7, 11) is 1.71. The van der Waals surface area contributed by atoms with Crippen LogP contribution < -0.4 is 21.1 Å². The van der Waals surface area contributed by atoms with Crippen molar-refractivity contribution in [3.63, 3.8) is 0 Å². The Bertz CT molecular complexity index is 1110. The largest absolute Gasteiger partial charge is 0.496 e. The third-order valence-corrected chi connectivity index (χ3v) is 6.15. The Labute approximate surface area is 193 Å². The van der Waals surface area contributed by atoms with Crippen LogP contribution in [0.15, 0.2) is 54.6 Å². The van der Waals surface area contributed by atoms with Crippen molar-refractivity contribution in [2.45, 2.75) is 31.2 Å². The summed E-state index contributed by atoms with van der Waals surface area (Å²) in [6, 6.07) is 16.8. The Morgan fingerprint density at radius 1 is 1.15 bits per heavy atom. The first-order valence-electron chi connectivity index (χ1n) is 11.0. The Morgan fingerprint density at radius 2 is 1.85 bits per heavy atom. The number of nitrogens with zero attached hydrogens (tertiary/aromatic N) is 3. The third-order valence-electron chi connectivity index (χ3n) is 6.15. The molecule has 0 bridgehead atoms. The van der Waals surface area contributed by atoms with E-state index in [4.69, 9.17) is 21.3 Å². The molecule has 3 aromatic rings. The number of carboxylic acid groups (broad SMARTS) is 1. The summed E-state index contributed by atoms with van der Waals surface area (Å²) in [6.07, 6.45) is 2.27. The van der Waals surface area contributed by atoms with E-state index < -0.39 is 12.0 Å². The average molecular weight is 448 g/mol. The number of carboxylic acids is 1. The molecule has 0 radical (unpaired) electrons. The monoisotopic (exact) mass is 447 g/mol. The molecule has 5 N–H and O–H groups in total. The molecular formula is C25H29N5O3. The van der Waals surface area contributed by atoms with E-state index in [1.165, 1.54) is 5.56 Å². The van der Waals surface area contributed by atoms with Crippen molar-refractivity contribution in [1.29, 1.82) is 0 Å². The highest BCUT2D eigenvalue weighted by Crippen LogP contribution is 2.35. The van der Waals surface area contributed by atoms with Crippen LogP contribution in [0, 0.1) is 0 Å². The molecule has 0 unspecified atom stereocenters. The van der Waals surface area contributed by atoms with Gasteiger partial charge in [0, 0.05) is 24.7 Å². The smallest absolute Gasteiger partial charge is 0.320 e. The van der Waals surface area contributed by atoms with Crippen LogP contribution in [0.2, 0.25) is 0 Å². The average Bonchev–Trinajstić information content (AvgIpc) is 2.84. The highest BCUT2D eigenvalue weighted by Gasteiger charge is 2.24. The maximum atomic E-state index is 11.0. The molecule has 33 heavy (non-hydrogen) atoms. The van der Waals surface area contributed by atoms with Gasteiger partial charge in [-0.3, -0.25) is 4.79 Å². The van der Waals surface area contributed by atoms with Crippen LogP contribution in [0.5, 0.6) is 5.75 Å². The molecule has 1 aliphatic heterocycles. The van der Waals surface area contributed by atoms with E-state index in [9.17, 15) is 4.79 Å². The number of aliphatic carboxylic acids is 1. The summed E-state index contributed by atoms with van der Waals surface area (Å²) in [5.74, 6) is 1.42. The molecule has 8 heteroatoms. The van der Waals surface area contributed by atoms with Crippen LogP contribution in [-0.2, 0) is 11.2 Å². The Morgan fingerprint density at radius 3 is 2.52 bits per heavy atom. The molecule has 1 saturated heterocycles. The Hall–Kier alpha value is -3.65. The second kappa shape index (κ2) is 9.87. The van der Waals surface area contributed by atoms with Crippen molar-refractivity contribution in [2.75, 3.05) is 30.8 Å². The van der Waals surface area contributed by atoms with E-state index in [0.29, 0.717) is 5.92 Å². The van der Waals surface area contributed by atoms with E-state index in [2.05, 4.69) is 27.0 Å². The first kappa shape index (κ1) is 22.5. The van der Waals surface area contributed by atoms with Gasteiger partial charge in [-0.25, -0.2) is 4.98 Å². The fourth-order valence-corrected chi connectivity index (χ4v) is 4.34. The Kier molecular flexibility index (Phi) is 6.74. The van der Waals surface area contributed by atoms with Gasteiger partial charge in [-0.05, 0) is 42.4 Å². The molecule has 0 saturated carbocycles. The molecule has 1 aromatic heterocycles. The van der Waals surface area contributed by atoms with Gasteiger partial charge in [0.25, 0.3) is 0 Å².